The first kappa shape index (κ1) is 17.5. The summed E-state index contributed by atoms with van der Waals surface area (Å²) < 4.78 is 75.6. The van der Waals surface area contributed by atoms with Crippen LogP contribution in [0, 0.1) is 0 Å². The zero-order valence-corrected chi connectivity index (χ0v) is 12.3. The first-order valence-electron chi connectivity index (χ1n) is 6.19. The zero-order valence-electron chi connectivity index (χ0n) is 11.4. The third-order valence-corrected chi connectivity index (χ3v) is 3.89. The molecule has 0 amide bonds. The molecule has 0 bridgehead atoms. The standard InChI is InChI=1S/C14H10F6N2S/c1-2-9-3-4-10(7-11(9)23-8-13(15,16)17)22-6-5-12(21-22)14(18,19)20/h2-7H,1,8H2. The van der Waals surface area contributed by atoms with Gasteiger partial charge in [-0.2, -0.15) is 31.4 Å². The molecular formula is C14H10F6N2S. The summed E-state index contributed by atoms with van der Waals surface area (Å²) in [6, 6.07) is 5.09. The Morgan fingerprint density at radius 3 is 2.35 bits per heavy atom. The van der Waals surface area contributed by atoms with Gasteiger partial charge in [-0.05, 0) is 23.8 Å². The van der Waals surface area contributed by atoms with E-state index in [9.17, 15) is 26.3 Å². The molecule has 0 N–H and O–H groups in total. The average molecular weight is 352 g/mol. The fourth-order valence-corrected chi connectivity index (χ4v) is 2.58. The van der Waals surface area contributed by atoms with Crippen molar-refractivity contribution in [3.05, 3.63) is 48.3 Å². The van der Waals surface area contributed by atoms with E-state index in [1.165, 1.54) is 24.3 Å². The van der Waals surface area contributed by atoms with Crippen LogP contribution in [0.25, 0.3) is 11.8 Å². The first-order chi connectivity index (χ1) is 10.6. The Bertz CT molecular complexity index is 702. The maximum absolute atomic E-state index is 12.5. The van der Waals surface area contributed by atoms with Gasteiger partial charge in [0.15, 0.2) is 5.69 Å². The molecule has 0 fully saturated rings. The minimum atomic E-state index is -4.58. The van der Waals surface area contributed by atoms with Crippen molar-refractivity contribution in [2.45, 2.75) is 17.2 Å². The minimum absolute atomic E-state index is 0.232. The highest BCUT2D eigenvalue weighted by Gasteiger charge is 2.33. The molecule has 0 unspecified atom stereocenters. The number of alkyl halides is 6. The maximum atomic E-state index is 12.5. The van der Waals surface area contributed by atoms with Gasteiger partial charge in [0.2, 0.25) is 0 Å². The Hall–Kier alpha value is -1.90. The van der Waals surface area contributed by atoms with Gasteiger partial charge in [-0.1, -0.05) is 18.7 Å². The highest BCUT2D eigenvalue weighted by molar-refractivity contribution is 7.99. The van der Waals surface area contributed by atoms with Crippen molar-refractivity contribution in [2.75, 3.05) is 5.75 Å². The molecule has 2 aromatic rings. The van der Waals surface area contributed by atoms with Crippen LogP contribution in [0.2, 0.25) is 0 Å². The Kier molecular flexibility index (Phi) is 4.79. The molecule has 1 aromatic heterocycles. The summed E-state index contributed by atoms with van der Waals surface area (Å²) in [5.74, 6) is -1.11. The minimum Gasteiger partial charge on any atom is -0.240 e. The second-order valence-electron chi connectivity index (χ2n) is 4.47. The van der Waals surface area contributed by atoms with Gasteiger partial charge >= 0.3 is 12.4 Å². The van der Waals surface area contributed by atoms with Crippen molar-refractivity contribution in [2.24, 2.45) is 0 Å². The van der Waals surface area contributed by atoms with Crippen molar-refractivity contribution >= 4 is 17.8 Å². The Balaban J connectivity index is 2.33. The van der Waals surface area contributed by atoms with Crippen molar-refractivity contribution in [3.63, 3.8) is 0 Å². The Morgan fingerprint density at radius 2 is 1.83 bits per heavy atom. The summed E-state index contributed by atoms with van der Waals surface area (Å²) in [5, 5.41) is 3.39. The van der Waals surface area contributed by atoms with Crippen LogP contribution in [0.15, 0.2) is 41.9 Å². The lowest BCUT2D eigenvalue weighted by Crippen LogP contribution is -2.11. The topological polar surface area (TPSA) is 17.8 Å². The predicted octanol–water partition coefficient (Wildman–Crippen LogP) is 5.19. The number of benzene rings is 1. The largest absolute Gasteiger partial charge is 0.435 e. The lowest BCUT2D eigenvalue weighted by molar-refractivity contribution is -0.141. The third-order valence-electron chi connectivity index (χ3n) is 2.75. The van der Waals surface area contributed by atoms with E-state index in [2.05, 4.69) is 11.7 Å². The Morgan fingerprint density at radius 1 is 1.13 bits per heavy atom. The highest BCUT2D eigenvalue weighted by Crippen LogP contribution is 2.32. The molecule has 0 spiro atoms. The van der Waals surface area contributed by atoms with Gasteiger partial charge in [0.1, 0.15) is 0 Å². The van der Waals surface area contributed by atoms with Crippen LogP contribution in [0.4, 0.5) is 26.3 Å². The number of aromatic nitrogens is 2. The van der Waals surface area contributed by atoms with Gasteiger partial charge in [-0.25, -0.2) is 4.68 Å². The fraction of sp³-hybridized carbons (Fsp3) is 0.214. The van der Waals surface area contributed by atoms with Gasteiger partial charge in [0.25, 0.3) is 0 Å². The van der Waals surface area contributed by atoms with E-state index in [1.807, 2.05) is 0 Å². The molecule has 0 radical (unpaired) electrons. The van der Waals surface area contributed by atoms with Gasteiger partial charge < -0.3 is 0 Å². The molecule has 1 aromatic carbocycles. The zero-order chi connectivity index (χ0) is 17.3. The molecule has 124 valence electrons. The molecule has 0 atom stereocenters. The van der Waals surface area contributed by atoms with Crippen molar-refractivity contribution in [1.29, 1.82) is 0 Å². The number of hydrogen-bond acceptors (Lipinski definition) is 2. The van der Waals surface area contributed by atoms with Gasteiger partial charge in [-0.3, -0.25) is 0 Å². The highest BCUT2D eigenvalue weighted by atomic mass is 32.2. The maximum Gasteiger partial charge on any atom is 0.435 e. The van der Waals surface area contributed by atoms with Crippen LogP contribution in [0.5, 0.6) is 0 Å². The van der Waals surface area contributed by atoms with Gasteiger partial charge in [-0.15, -0.1) is 11.8 Å². The van der Waals surface area contributed by atoms with Gasteiger partial charge in [0.05, 0.1) is 11.4 Å². The van der Waals surface area contributed by atoms with Crippen molar-refractivity contribution in [3.8, 4) is 5.69 Å². The third kappa shape index (κ3) is 4.54. The van der Waals surface area contributed by atoms with E-state index in [0.717, 1.165) is 16.9 Å². The molecule has 0 aliphatic carbocycles. The van der Waals surface area contributed by atoms with Crippen molar-refractivity contribution in [1.82, 2.24) is 9.78 Å². The van der Waals surface area contributed by atoms with Crippen LogP contribution in [0.1, 0.15) is 11.3 Å². The van der Waals surface area contributed by atoms with Crippen LogP contribution >= 0.6 is 11.8 Å². The second-order valence-corrected chi connectivity index (χ2v) is 5.49. The van der Waals surface area contributed by atoms with Crippen LogP contribution in [-0.4, -0.2) is 21.7 Å². The summed E-state index contributed by atoms with van der Waals surface area (Å²) in [5.41, 5.74) is -0.378. The molecular weight excluding hydrogens is 342 g/mol. The molecule has 0 saturated heterocycles. The summed E-state index contributed by atoms with van der Waals surface area (Å²) >= 11 is 0.540. The lowest BCUT2D eigenvalue weighted by atomic mass is 10.2. The second kappa shape index (κ2) is 6.31. The SMILES string of the molecule is C=Cc1ccc(-n2ccc(C(F)(F)F)n2)cc1SCC(F)(F)F. The van der Waals surface area contributed by atoms with E-state index in [0.29, 0.717) is 17.3 Å². The number of hydrogen-bond donors (Lipinski definition) is 0. The molecule has 23 heavy (non-hydrogen) atoms. The van der Waals surface area contributed by atoms with Crippen molar-refractivity contribution < 1.29 is 26.3 Å². The lowest BCUT2D eigenvalue weighted by Gasteiger charge is -2.11. The normalized spacial score (nSPS) is 12.4. The molecule has 2 rings (SSSR count). The molecule has 2 nitrogen and oxygen atoms in total. The summed E-state index contributed by atoms with van der Waals surface area (Å²) in [6.07, 6.45) is -6.45. The quantitative estimate of drug-likeness (QED) is 0.557. The molecule has 0 aliphatic rings. The van der Waals surface area contributed by atoms with E-state index in [4.69, 9.17) is 0 Å². The molecule has 1 heterocycles. The monoisotopic (exact) mass is 352 g/mol. The van der Waals surface area contributed by atoms with E-state index in [1.54, 1.807) is 0 Å². The van der Waals surface area contributed by atoms with Crippen LogP contribution in [-0.2, 0) is 6.18 Å². The van der Waals surface area contributed by atoms with E-state index < -0.39 is 23.8 Å². The van der Waals surface area contributed by atoms with E-state index >= 15 is 0 Å². The number of nitrogens with zero attached hydrogens (tertiary/aromatic N) is 2. The summed E-state index contributed by atoms with van der Waals surface area (Å²) in [6.45, 7) is 3.51. The van der Waals surface area contributed by atoms with Crippen LogP contribution in [0.3, 0.4) is 0 Å². The molecule has 0 aliphatic heterocycles. The Labute approximate surface area is 131 Å². The average Bonchev–Trinajstić information content (AvgIpc) is 2.94. The van der Waals surface area contributed by atoms with Crippen LogP contribution < -0.4 is 0 Å². The number of halogens is 6. The fourth-order valence-electron chi connectivity index (χ4n) is 1.74. The van der Waals surface area contributed by atoms with Gasteiger partial charge in [0, 0.05) is 11.1 Å². The number of rotatable bonds is 4. The predicted molar refractivity (Wildman–Crippen MR) is 75.4 cm³/mol. The first-order valence-corrected chi connectivity index (χ1v) is 7.18. The number of thioether (sulfide) groups is 1. The van der Waals surface area contributed by atoms with E-state index in [-0.39, 0.29) is 10.6 Å². The molecule has 0 saturated carbocycles. The molecule has 9 heteroatoms. The summed E-state index contributed by atoms with van der Waals surface area (Å²) in [4.78, 5) is 0.263. The summed E-state index contributed by atoms with van der Waals surface area (Å²) in [7, 11) is 0. The smallest absolute Gasteiger partial charge is 0.240 e.